The van der Waals surface area contributed by atoms with Gasteiger partial charge in [0.2, 0.25) is 0 Å². The highest BCUT2D eigenvalue weighted by atomic mass is 16.6. The molecule has 1 aliphatic heterocycles. The highest BCUT2D eigenvalue weighted by molar-refractivity contribution is 5.03. The zero-order chi connectivity index (χ0) is 19.4. The smallest absolute Gasteiger partial charge is 0.330 e. The summed E-state index contributed by atoms with van der Waals surface area (Å²) in [4.78, 5) is 49.5. The molecule has 26 heavy (non-hydrogen) atoms. The van der Waals surface area contributed by atoms with Crippen molar-refractivity contribution in [3.05, 3.63) is 65.7 Å². The predicted molar refractivity (Wildman–Crippen MR) is 86.8 cm³/mol. The Morgan fingerprint density at radius 1 is 1.15 bits per heavy atom. The Labute approximate surface area is 144 Å². The lowest BCUT2D eigenvalue weighted by Gasteiger charge is -2.17. The first-order chi connectivity index (χ1) is 12.2. The molecule has 0 bridgehead atoms. The number of nitrogens with zero attached hydrogens (tertiary/aromatic N) is 1. The summed E-state index contributed by atoms with van der Waals surface area (Å²) in [6.45, 7) is 1.02. The van der Waals surface area contributed by atoms with Gasteiger partial charge in [-0.2, -0.15) is 0 Å². The fourth-order valence-electron chi connectivity index (χ4n) is 2.27. The SMILES string of the molecule is Cc1cn([C@@H]2O[C@H](CO)[C@@H](O)[C@H]2O)c(=O)[nH]c1=O.O=c1cc[nH]c(=O)[nH]1. The molecule has 0 radical (unpaired) electrons. The molecule has 142 valence electrons. The lowest BCUT2D eigenvalue weighted by atomic mass is 10.1. The number of ether oxygens (including phenoxy) is 1. The fourth-order valence-corrected chi connectivity index (χ4v) is 2.27. The number of aliphatic hydroxyl groups is 3. The third-order valence-corrected chi connectivity index (χ3v) is 3.62. The van der Waals surface area contributed by atoms with Crippen molar-refractivity contribution in [2.75, 3.05) is 6.61 Å². The van der Waals surface area contributed by atoms with Crippen LogP contribution in [0.2, 0.25) is 0 Å². The summed E-state index contributed by atoms with van der Waals surface area (Å²) in [6.07, 6.45) is -2.23. The van der Waals surface area contributed by atoms with Gasteiger partial charge >= 0.3 is 11.4 Å². The van der Waals surface area contributed by atoms with Crippen LogP contribution in [-0.2, 0) is 4.74 Å². The second-order valence-corrected chi connectivity index (χ2v) is 5.50. The first-order valence-corrected chi connectivity index (χ1v) is 7.47. The molecule has 6 N–H and O–H groups in total. The van der Waals surface area contributed by atoms with Gasteiger partial charge in [-0.15, -0.1) is 0 Å². The minimum Gasteiger partial charge on any atom is -0.394 e. The monoisotopic (exact) mass is 370 g/mol. The van der Waals surface area contributed by atoms with Crippen molar-refractivity contribution in [1.29, 1.82) is 0 Å². The molecule has 3 heterocycles. The topological polar surface area (TPSA) is 190 Å². The molecule has 1 aliphatic rings. The molecule has 2 aromatic heterocycles. The van der Waals surface area contributed by atoms with Crippen molar-refractivity contribution >= 4 is 0 Å². The summed E-state index contributed by atoms with van der Waals surface area (Å²) in [6, 6.07) is 1.24. The normalized spacial score (nSPS) is 24.8. The fraction of sp³-hybridized carbons (Fsp3) is 0.429. The Morgan fingerprint density at radius 3 is 2.35 bits per heavy atom. The van der Waals surface area contributed by atoms with E-state index in [1.807, 2.05) is 4.98 Å². The van der Waals surface area contributed by atoms with Crippen LogP contribution in [0.3, 0.4) is 0 Å². The maximum Gasteiger partial charge on any atom is 0.330 e. The number of rotatable bonds is 2. The summed E-state index contributed by atoms with van der Waals surface area (Å²) in [5.74, 6) is 0. The quantitative estimate of drug-likeness (QED) is 0.314. The van der Waals surface area contributed by atoms with E-state index in [0.29, 0.717) is 0 Å². The molecular formula is C14H18N4O8. The van der Waals surface area contributed by atoms with Crippen molar-refractivity contribution in [1.82, 2.24) is 19.5 Å². The zero-order valence-electron chi connectivity index (χ0n) is 13.6. The summed E-state index contributed by atoms with van der Waals surface area (Å²) < 4.78 is 6.17. The lowest BCUT2D eigenvalue weighted by molar-refractivity contribution is -0.0551. The Kier molecular flexibility index (Phi) is 6.05. The summed E-state index contributed by atoms with van der Waals surface area (Å²) in [5, 5.41) is 28.3. The van der Waals surface area contributed by atoms with Crippen LogP contribution in [0, 0.1) is 6.92 Å². The second kappa shape index (κ2) is 8.05. The lowest BCUT2D eigenvalue weighted by Crippen LogP contribution is -2.38. The average Bonchev–Trinajstić information content (AvgIpc) is 2.86. The number of hydrogen-bond acceptors (Lipinski definition) is 8. The van der Waals surface area contributed by atoms with E-state index in [9.17, 15) is 29.4 Å². The van der Waals surface area contributed by atoms with E-state index in [1.165, 1.54) is 25.4 Å². The molecule has 3 rings (SSSR count). The molecule has 0 unspecified atom stereocenters. The first kappa shape index (κ1) is 19.5. The molecule has 1 saturated heterocycles. The van der Waals surface area contributed by atoms with Crippen LogP contribution in [-0.4, -0.2) is 59.8 Å². The van der Waals surface area contributed by atoms with E-state index >= 15 is 0 Å². The Balaban J connectivity index is 0.000000254. The molecule has 12 nitrogen and oxygen atoms in total. The van der Waals surface area contributed by atoms with Gasteiger partial charge in [-0.05, 0) is 6.92 Å². The van der Waals surface area contributed by atoms with Crippen LogP contribution < -0.4 is 22.5 Å². The summed E-state index contributed by atoms with van der Waals surface area (Å²) in [7, 11) is 0. The molecule has 2 aromatic rings. The van der Waals surface area contributed by atoms with E-state index in [2.05, 4.69) is 9.97 Å². The van der Waals surface area contributed by atoms with Crippen LogP contribution in [0.15, 0.2) is 37.6 Å². The van der Waals surface area contributed by atoms with E-state index in [1.54, 1.807) is 0 Å². The molecule has 12 heteroatoms. The van der Waals surface area contributed by atoms with Gasteiger partial charge in [0.05, 0.1) is 6.61 Å². The number of H-pyrrole nitrogens is 3. The third-order valence-electron chi connectivity index (χ3n) is 3.62. The Bertz CT molecular complexity index is 949. The van der Waals surface area contributed by atoms with Gasteiger partial charge in [-0.3, -0.25) is 24.1 Å². The van der Waals surface area contributed by atoms with E-state index < -0.39 is 48.1 Å². The predicted octanol–water partition coefficient (Wildman–Crippen LogP) is -3.48. The average molecular weight is 370 g/mol. The first-order valence-electron chi connectivity index (χ1n) is 7.47. The van der Waals surface area contributed by atoms with Crippen LogP contribution >= 0.6 is 0 Å². The van der Waals surface area contributed by atoms with Gasteiger partial charge in [-0.1, -0.05) is 0 Å². The van der Waals surface area contributed by atoms with Crippen LogP contribution in [0.1, 0.15) is 11.8 Å². The van der Waals surface area contributed by atoms with Crippen LogP contribution in [0.4, 0.5) is 0 Å². The van der Waals surface area contributed by atoms with Crippen molar-refractivity contribution in [3.8, 4) is 0 Å². The van der Waals surface area contributed by atoms with Gasteiger partial charge in [0.1, 0.15) is 18.3 Å². The van der Waals surface area contributed by atoms with E-state index in [4.69, 9.17) is 9.84 Å². The van der Waals surface area contributed by atoms with Gasteiger partial charge in [0.25, 0.3) is 11.1 Å². The maximum atomic E-state index is 11.6. The van der Waals surface area contributed by atoms with Crippen molar-refractivity contribution in [2.24, 2.45) is 0 Å². The van der Waals surface area contributed by atoms with E-state index in [-0.39, 0.29) is 11.1 Å². The number of hydrogen-bond donors (Lipinski definition) is 6. The molecule has 0 amide bonds. The standard InChI is InChI=1S/C10H14N2O6.C4H4N2O2/c1-4-2-12(10(17)11-8(4)16)9-7(15)6(14)5(3-13)18-9;7-3-1-2-5-4(8)6-3/h2,5-7,9,13-15H,3H2,1H3,(H,11,16,17);1-2H,(H2,5,6,7,8)/t5-,6-,7-,9-;/m1./s1. The van der Waals surface area contributed by atoms with Crippen molar-refractivity contribution in [3.63, 3.8) is 0 Å². The third kappa shape index (κ3) is 4.23. The molecule has 0 aliphatic carbocycles. The Morgan fingerprint density at radius 2 is 1.85 bits per heavy atom. The maximum absolute atomic E-state index is 11.6. The number of aromatic nitrogens is 4. The highest BCUT2D eigenvalue weighted by Crippen LogP contribution is 2.27. The number of aryl methyl sites for hydroxylation is 1. The number of aromatic amines is 3. The summed E-state index contributed by atoms with van der Waals surface area (Å²) in [5.41, 5.74) is -1.86. The Hall–Kier alpha value is -2.80. The van der Waals surface area contributed by atoms with Crippen molar-refractivity contribution < 1.29 is 20.1 Å². The molecule has 0 spiro atoms. The minimum absolute atomic E-state index is 0.271. The molecule has 0 aromatic carbocycles. The number of nitrogens with one attached hydrogen (secondary N) is 3. The highest BCUT2D eigenvalue weighted by Gasteiger charge is 2.43. The van der Waals surface area contributed by atoms with Gasteiger partial charge in [0, 0.05) is 24.0 Å². The molecular weight excluding hydrogens is 352 g/mol. The van der Waals surface area contributed by atoms with E-state index in [0.717, 1.165) is 4.57 Å². The van der Waals surface area contributed by atoms with Crippen molar-refractivity contribution in [2.45, 2.75) is 31.5 Å². The molecule has 4 atom stereocenters. The largest absolute Gasteiger partial charge is 0.394 e. The molecule has 1 fully saturated rings. The minimum atomic E-state index is -1.36. The summed E-state index contributed by atoms with van der Waals surface area (Å²) >= 11 is 0. The van der Waals surface area contributed by atoms with Crippen LogP contribution in [0.5, 0.6) is 0 Å². The number of aliphatic hydroxyl groups excluding tert-OH is 3. The van der Waals surface area contributed by atoms with Gasteiger partial charge in [-0.25, -0.2) is 9.59 Å². The van der Waals surface area contributed by atoms with Gasteiger partial charge < -0.3 is 25.0 Å². The zero-order valence-corrected chi connectivity index (χ0v) is 13.6. The molecule has 0 saturated carbocycles. The van der Waals surface area contributed by atoms with Gasteiger partial charge in [0.15, 0.2) is 6.23 Å². The second-order valence-electron chi connectivity index (χ2n) is 5.50. The van der Waals surface area contributed by atoms with Crippen LogP contribution in [0.25, 0.3) is 0 Å².